The van der Waals surface area contributed by atoms with Gasteiger partial charge in [0.25, 0.3) is 5.91 Å². The molecule has 2 aliphatic rings. The van der Waals surface area contributed by atoms with Crippen LogP contribution in [0, 0.1) is 5.92 Å². The van der Waals surface area contributed by atoms with E-state index in [4.69, 9.17) is 14.2 Å². The van der Waals surface area contributed by atoms with Crippen LogP contribution in [0.25, 0.3) is 5.82 Å². The van der Waals surface area contributed by atoms with Crippen LogP contribution in [0.5, 0.6) is 5.88 Å². The third-order valence-corrected chi connectivity index (χ3v) is 6.00. The Morgan fingerprint density at radius 2 is 2.10 bits per heavy atom. The average Bonchev–Trinajstić information content (AvgIpc) is 3.50. The van der Waals surface area contributed by atoms with Crippen LogP contribution in [0.3, 0.4) is 0 Å². The number of carbonyl (C=O) groups excluding carboxylic acids is 1. The molecule has 0 aromatic carbocycles. The van der Waals surface area contributed by atoms with Crippen molar-refractivity contribution in [2.24, 2.45) is 5.92 Å². The van der Waals surface area contributed by atoms with Crippen molar-refractivity contribution < 1.29 is 19.0 Å². The van der Waals surface area contributed by atoms with Crippen molar-refractivity contribution >= 4 is 5.91 Å². The molecule has 0 bridgehead atoms. The molecular formula is C21H30N6O4. The Balaban J connectivity index is 1.47. The van der Waals surface area contributed by atoms with Crippen LogP contribution in [0.2, 0.25) is 0 Å². The molecule has 4 heterocycles. The Hall–Kier alpha value is -2.56. The van der Waals surface area contributed by atoms with Crippen LogP contribution >= 0.6 is 0 Å². The van der Waals surface area contributed by atoms with Gasteiger partial charge in [-0.05, 0) is 18.9 Å². The highest BCUT2D eigenvalue weighted by Gasteiger charge is 2.32. The fourth-order valence-electron chi connectivity index (χ4n) is 4.29. The number of carbonyl (C=O) groups is 1. The van der Waals surface area contributed by atoms with Gasteiger partial charge in [0.15, 0.2) is 5.82 Å². The van der Waals surface area contributed by atoms with Gasteiger partial charge in [0.05, 0.1) is 44.4 Å². The molecule has 31 heavy (non-hydrogen) atoms. The topological polar surface area (TPSA) is 104 Å². The standard InChI is InChI=1S/C21H30N6O4/c1-3-17-16(12-23-27(17)19-4-5-20(29-2)25-24-19)21(28)22-13-18(15-6-9-31-14-15)26-7-10-30-11-8-26/h4-5,12,15,18H,3,6-11,13-14H2,1-2H3,(H,22,28). The summed E-state index contributed by atoms with van der Waals surface area (Å²) in [6.07, 6.45) is 3.26. The van der Waals surface area contributed by atoms with Gasteiger partial charge in [-0.2, -0.15) is 5.10 Å². The van der Waals surface area contributed by atoms with Crippen LogP contribution in [-0.2, 0) is 15.9 Å². The number of methoxy groups -OCH3 is 1. The Bertz CT molecular complexity index is 859. The van der Waals surface area contributed by atoms with E-state index in [1.165, 1.54) is 0 Å². The van der Waals surface area contributed by atoms with Crippen molar-refractivity contribution in [2.45, 2.75) is 25.8 Å². The average molecular weight is 431 g/mol. The van der Waals surface area contributed by atoms with Gasteiger partial charge < -0.3 is 19.5 Å². The van der Waals surface area contributed by atoms with E-state index in [1.54, 1.807) is 30.1 Å². The van der Waals surface area contributed by atoms with Gasteiger partial charge in [-0.25, -0.2) is 4.68 Å². The predicted octanol–water partition coefficient (Wildman–Crippen LogP) is 0.700. The number of morpholine rings is 1. The maximum Gasteiger partial charge on any atom is 0.254 e. The number of nitrogens with one attached hydrogen (secondary N) is 1. The lowest BCUT2D eigenvalue weighted by Crippen LogP contribution is -2.52. The molecule has 0 radical (unpaired) electrons. The molecular weight excluding hydrogens is 400 g/mol. The van der Waals surface area contributed by atoms with Crippen molar-refractivity contribution in [3.05, 3.63) is 29.6 Å². The fourth-order valence-corrected chi connectivity index (χ4v) is 4.29. The molecule has 4 rings (SSSR count). The van der Waals surface area contributed by atoms with Crippen molar-refractivity contribution in [1.29, 1.82) is 0 Å². The van der Waals surface area contributed by atoms with E-state index < -0.39 is 0 Å². The number of ether oxygens (including phenoxy) is 3. The lowest BCUT2D eigenvalue weighted by Gasteiger charge is -2.37. The Labute approximate surface area is 181 Å². The molecule has 10 nitrogen and oxygen atoms in total. The second-order valence-corrected chi connectivity index (χ2v) is 7.75. The van der Waals surface area contributed by atoms with Crippen molar-refractivity contribution in [2.75, 3.05) is 53.2 Å². The first kappa shape index (κ1) is 21.7. The molecule has 2 aliphatic heterocycles. The van der Waals surface area contributed by atoms with Crippen molar-refractivity contribution in [1.82, 2.24) is 30.2 Å². The van der Waals surface area contributed by atoms with Crippen LogP contribution in [-0.4, -0.2) is 90.0 Å². The normalized spacial score (nSPS) is 20.5. The molecule has 2 fully saturated rings. The van der Waals surface area contributed by atoms with Gasteiger partial charge in [0.1, 0.15) is 0 Å². The second-order valence-electron chi connectivity index (χ2n) is 7.75. The first-order valence-corrected chi connectivity index (χ1v) is 10.8. The monoisotopic (exact) mass is 430 g/mol. The third-order valence-electron chi connectivity index (χ3n) is 6.00. The Kier molecular flexibility index (Phi) is 7.10. The molecule has 2 aromatic heterocycles. The molecule has 168 valence electrons. The molecule has 0 saturated carbocycles. The van der Waals surface area contributed by atoms with E-state index >= 15 is 0 Å². The third kappa shape index (κ3) is 4.86. The molecule has 2 atom stereocenters. The highest BCUT2D eigenvalue weighted by atomic mass is 16.5. The zero-order chi connectivity index (χ0) is 21.6. The second kappa shape index (κ2) is 10.2. The largest absolute Gasteiger partial charge is 0.480 e. The molecule has 1 N–H and O–H groups in total. The molecule has 1 amide bonds. The summed E-state index contributed by atoms with van der Waals surface area (Å²) >= 11 is 0. The minimum Gasteiger partial charge on any atom is -0.480 e. The quantitative estimate of drug-likeness (QED) is 0.653. The number of nitrogens with zero attached hydrogens (tertiary/aromatic N) is 5. The van der Waals surface area contributed by atoms with E-state index in [2.05, 4.69) is 25.5 Å². The minimum atomic E-state index is -0.123. The van der Waals surface area contributed by atoms with Crippen molar-refractivity contribution in [3.8, 4) is 11.7 Å². The van der Waals surface area contributed by atoms with Crippen LogP contribution in [0.15, 0.2) is 18.3 Å². The fraction of sp³-hybridized carbons (Fsp3) is 0.619. The molecule has 10 heteroatoms. The summed E-state index contributed by atoms with van der Waals surface area (Å²) < 4.78 is 17.8. The van der Waals surface area contributed by atoms with E-state index in [0.717, 1.165) is 51.6 Å². The highest BCUT2D eigenvalue weighted by Crippen LogP contribution is 2.22. The molecule has 0 aliphatic carbocycles. The summed E-state index contributed by atoms with van der Waals surface area (Å²) in [5, 5.41) is 15.7. The van der Waals surface area contributed by atoms with Crippen LogP contribution in [0.4, 0.5) is 0 Å². The summed E-state index contributed by atoms with van der Waals surface area (Å²) in [5.74, 6) is 1.27. The van der Waals surface area contributed by atoms with Gasteiger partial charge in [-0.3, -0.25) is 9.69 Å². The summed E-state index contributed by atoms with van der Waals surface area (Å²) in [7, 11) is 1.54. The first-order valence-electron chi connectivity index (χ1n) is 10.8. The minimum absolute atomic E-state index is 0.123. The molecule has 2 saturated heterocycles. The van der Waals surface area contributed by atoms with Crippen LogP contribution < -0.4 is 10.1 Å². The van der Waals surface area contributed by atoms with E-state index in [1.807, 2.05) is 6.92 Å². The smallest absolute Gasteiger partial charge is 0.254 e. The molecule has 2 unspecified atom stereocenters. The molecule has 2 aromatic rings. The summed E-state index contributed by atoms with van der Waals surface area (Å²) in [5.41, 5.74) is 1.35. The number of amides is 1. The number of rotatable bonds is 8. The van der Waals surface area contributed by atoms with Gasteiger partial charge in [-0.1, -0.05) is 6.92 Å². The van der Waals surface area contributed by atoms with E-state index in [9.17, 15) is 4.79 Å². The maximum absolute atomic E-state index is 13.1. The predicted molar refractivity (Wildman–Crippen MR) is 113 cm³/mol. The van der Waals surface area contributed by atoms with Crippen LogP contribution in [0.1, 0.15) is 29.4 Å². The van der Waals surface area contributed by atoms with Crippen molar-refractivity contribution in [3.63, 3.8) is 0 Å². The van der Waals surface area contributed by atoms with E-state index in [0.29, 0.717) is 36.1 Å². The summed E-state index contributed by atoms with van der Waals surface area (Å²) in [6.45, 7) is 7.32. The van der Waals surface area contributed by atoms with Gasteiger partial charge in [0, 0.05) is 44.3 Å². The first-order chi connectivity index (χ1) is 15.2. The van der Waals surface area contributed by atoms with Gasteiger partial charge in [0.2, 0.25) is 5.88 Å². The lowest BCUT2D eigenvalue weighted by molar-refractivity contribution is 0.00166. The number of hydrogen-bond donors (Lipinski definition) is 1. The van der Waals surface area contributed by atoms with Gasteiger partial charge in [-0.15, -0.1) is 10.2 Å². The summed E-state index contributed by atoms with van der Waals surface area (Å²) in [6, 6.07) is 3.73. The zero-order valence-electron chi connectivity index (χ0n) is 18.1. The lowest BCUT2D eigenvalue weighted by atomic mass is 9.96. The van der Waals surface area contributed by atoms with Gasteiger partial charge >= 0.3 is 0 Å². The molecule has 0 spiro atoms. The Morgan fingerprint density at radius 3 is 2.74 bits per heavy atom. The summed E-state index contributed by atoms with van der Waals surface area (Å²) in [4.78, 5) is 15.5. The number of aromatic nitrogens is 4. The highest BCUT2D eigenvalue weighted by molar-refractivity contribution is 5.95. The number of hydrogen-bond acceptors (Lipinski definition) is 8. The Morgan fingerprint density at radius 1 is 1.26 bits per heavy atom. The SMILES string of the molecule is CCc1c(C(=O)NCC(C2CCOC2)N2CCOCC2)cnn1-c1ccc(OC)nn1. The zero-order valence-corrected chi connectivity index (χ0v) is 18.1. The van der Waals surface area contributed by atoms with E-state index in [-0.39, 0.29) is 11.9 Å². The maximum atomic E-state index is 13.1.